The molecule has 3 amide bonds. The van der Waals surface area contributed by atoms with Crippen molar-refractivity contribution in [2.45, 2.75) is 19.4 Å². The Hall–Kier alpha value is -3.22. The third kappa shape index (κ3) is 4.69. The predicted molar refractivity (Wildman–Crippen MR) is 104 cm³/mol. The Bertz CT molecular complexity index is 807. The molecule has 7 heteroatoms. The molecule has 0 saturated carbocycles. The number of anilines is 2. The molecule has 0 bridgehead atoms. The second-order valence-electron chi connectivity index (χ2n) is 6.16. The summed E-state index contributed by atoms with van der Waals surface area (Å²) in [5.74, 6) is 1.40. The Labute approximate surface area is 158 Å². The number of nitrogens with zero attached hydrogens (tertiary/aromatic N) is 1. The Balaban J connectivity index is 1.57. The zero-order valence-electron chi connectivity index (χ0n) is 15.4. The van der Waals surface area contributed by atoms with Gasteiger partial charge < -0.3 is 25.0 Å². The minimum atomic E-state index is -0.352. The zero-order chi connectivity index (χ0) is 19.2. The number of nitrogens with one attached hydrogen (secondary N) is 2. The number of urea groups is 1. The molecule has 1 fully saturated rings. The molecule has 2 N–H and O–H groups in total. The first kappa shape index (κ1) is 18.6. The van der Waals surface area contributed by atoms with Crippen molar-refractivity contribution in [2.75, 3.05) is 30.5 Å². The summed E-state index contributed by atoms with van der Waals surface area (Å²) in [5, 5.41) is 5.61. The van der Waals surface area contributed by atoms with Crippen molar-refractivity contribution < 1.29 is 19.1 Å². The third-order valence-corrected chi connectivity index (χ3v) is 4.25. The van der Waals surface area contributed by atoms with E-state index in [-0.39, 0.29) is 24.4 Å². The molecule has 27 heavy (non-hydrogen) atoms. The van der Waals surface area contributed by atoms with Gasteiger partial charge in [-0.15, -0.1) is 0 Å². The number of carbonyl (C=O) groups is 2. The maximum absolute atomic E-state index is 12.3. The number of rotatable bonds is 6. The number of ether oxygens (including phenoxy) is 2. The molecular weight excluding hydrogens is 346 g/mol. The van der Waals surface area contributed by atoms with Crippen LogP contribution >= 0.6 is 0 Å². The van der Waals surface area contributed by atoms with Crippen LogP contribution in [0, 0.1) is 0 Å². The summed E-state index contributed by atoms with van der Waals surface area (Å²) in [6.45, 7) is 2.94. The van der Waals surface area contributed by atoms with E-state index in [2.05, 4.69) is 10.6 Å². The zero-order valence-corrected chi connectivity index (χ0v) is 15.4. The van der Waals surface area contributed by atoms with Gasteiger partial charge in [-0.05, 0) is 43.3 Å². The van der Waals surface area contributed by atoms with Crippen molar-refractivity contribution >= 4 is 23.3 Å². The molecule has 3 rings (SSSR count). The summed E-state index contributed by atoms with van der Waals surface area (Å²) in [5.41, 5.74) is 1.42. The highest BCUT2D eigenvalue weighted by molar-refractivity contribution is 5.97. The van der Waals surface area contributed by atoms with E-state index in [4.69, 9.17) is 9.47 Å². The van der Waals surface area contributed by atoms with Gasteiger partial charge in [0.1, 0.15) is 11.5 Å². The second-order valence-corrected chi connectivity index (χ2v) is 6.16. The van der Waals surface area contributed by atoms with E-state index in [1.807, 2.05) is 31.2 Å². The molecule has 0 spiro atoms. The molecule has 1 aliphatic rings. The van der Waals surface area contributed by atoms with Crippen LogP contribution in [0.5, 0.6) is 11.5 Å². The highest BCUT2D eigenvalue weighted by Crippen LogP contribution is 2.24. The lowest BCUT2D eigenvalue weighted by Crippen LogP contribution is -2.39. The Morgan fingerprint density at radius 2 is 1.96 bits per heavy atom. The molecule has 0 aliphatic carbocycles. The Morgan fingerprint density at radius 3 is 2.67 bits per heavy atom. The first-order valence-corrected chi connectivity index (χ1v) is 8.84. The van der Waals surface area contributed by atoms with Crippen LogP contribution in [0.3, 0.4) is 0 Å². The molecular formula is C20H23N3O4. The molecule has 0 aromatic heterocycles. The molecule has 0 radical (unpaired) electrons. The van der Waals surface area contributed by atoms with E-state index in [1.165, 1.54) is 0 Å². The lowest BCUT2D eigenvalue weighted by Gasteiger charge is -2.18. The van der Waals surface area contributed by atoms with Crippen LogP contribution in [0.25, 0.3) is 0 Å². The van der Waals surface area contributed by atoms with Gasteiger partial charge in [0.2, 0.25) is 5.91 Å². The summed E-state index contributed by atoms with van der Waals surface area (Å²) in [7, 11) is 1.57. The van der Waals surface area contributed by atoms with Crippen LogP contribution in [-0.4, -0.2) is 38.2 Å². The standard InChI is InChI=1S/C20H23N3O4/c1-3-27-17-9-7-16(8-10-17)23-13-15(12-19(23)24)22-20(25)21-14-5-4-6-18(11-14)26-2/h4-11,15H,3,12-13H2,1-2H3,(H2,21,22,25). The van der Waals surface area contributed by atoms with E-state index in [9.17, 15) is 9.59 Å². The van der Waals surface area contributed by atoms with Crippen LogP contribution in [0.4, 0.5) is 16.2 Å². The van der Waals surface area contributed by atoms with Gasteiger partial charge in [0.25, 0.3) is 0 Å². The third-order valence-electron chi connectivity index (χ3n) is 4.25. The first-order chi connectivity index (χ1) is 13.1. The van der Waals surface area contributed by atoms with E-state index in [0.717, 1.165) is 11.4 Å². The number of amides is 3. The average Bonchev–Trinajstić information content (AvgIpc) is 3.02. The summed E-state index contributed by atoms with van der Waals surface area (Å²) in [4.78, 5) is 26.2. The first-order valence-electron chi connectivity index (χ1n) is 8.84. The topological polar surface area (TPSA) is 79.9 Å². The molecule has 2 aromatic carbocycles. The number of carbonyl (C=O) groups excluding carboxylic acids is 2. The van der Waals surface area contributed by atoms with Gasteiger partial charge in [-0.3, -0.25) is 4.79 Å². The molecule has 1 aliphatic heterocycles. The molecule has 142 valence electrons. The smallest absolute Gasteiger partial charge is 0.319 e. The van der Waals surface area contributed by atoms with Crippen LogP contribution in [0.1, 0.15) is 13.3 Å². The maximum atomic E-state index is 12.3. The van der Waals surface area contributed by atoms with Crippen LogP contribution in [0.15, 0.2) is 48.5 Å². The molecule has 2 aromatic rings. The van der Waals surface area contributed by atoms with Crippen molar-refractivity contribution in [3.63, 3.8) is 0 Å². The van der Waals surface area contributed by atoms with Gasteiger partial charge in [0.05, 0.1) is 19.8 Å². The average molecular weight is 369 g/mol. The fourth-order valence-electron chi connectivity index (χ4n) is 3.00. The van der Waals surface area contributed by atoms with Crippen molar-refractivity contribution in [3.05, 3.63) is 48.5 Å². The SMILES string of the molecule is CCOc1ccc(N2CC(NC(=O)Nc3cccc(OC)c3)CC2=O)cc1. The molecule has 7 nitrogen and oxygen atoms in total. The fraction of sp³-hybridized carbons (Fsp3) is 0.300. The van der Waals surface area contributed by atoms with Crippen LogP contribution in [-0.2, 0) is 4.79 Å². The van der Waals surface area contributed by atoms with Crippen LogP contribution < -0.4 is 25.0 Å². The normalized spacial score (nSPS) is 16.1. The molecule has 1 unspecified atom stereocenters. The molecule has 1 atom stereocenters. The van der Waals surface area contributed by atoms with Gasteiger partial charge in [-0.2, -0.15) is 0 Å². The summed E-state index contributed by atoms with van der Waals surface area (Å²) in [6.07, 6.45) is 0.263. The number of hydrogen-bond donors (Lipinski definition) is 2. The van der Waals surface area contributed by atoms with Crippen LogP contribution in [0.2, 0.25) is 0 Å². The van der Waals surface area contributed by atoms with Crippen molar-refractivity contribution in [1.82, 2.24) is 5.32 Å². The highest BCUT2D eigenvalue weighted by Gasteiger charge is 2.31. The van der Waals surface area contributed by atoms with E-state index >= 15 is 0 Å². The number of benzene rings is 2. The van der Waals surface area contributed by atoms with E-state index in [0.29, 0.717) is 24.6 Å². The highest BCUT2D eigenvalue weighted by atomic mass is 16.5. The number of methoxy groups -OCH3 is 1. The van der Waals surface area contributed by atoms with Gasteiger partial charge in [0.15, 0.2) is 0 Å². The largest absolute Gasteiger partial charge is 0.497 e. The minimum Gasteiger partial charge on any atom is -0.497 e. The van der Waals surface area contributed by atoms with Gasteiger partial charge in [-0.25, -0.2) is 4.79 Å². The van der Waals surface area contributed by atoms with Gasteiger partial charge in [0, 0.05) is 30.4 Å². The Kier molecular flexibility index (Phi) is 5.80. The van der Waals surface area contributed by atoms with Crippen molar-refractivity contribution in [1.29, 1.82) is 0 Å². The predicted octanol–water partition coefficient (Wildman–Crippen LogP) is 3.02. The molecule has 1 saturated heterocycles. The summed E-state index contributed by atoms with van der Waals surface area (Å²) in [6, 6.07) is 13.9. The summed E-state index contributed by atoms with van der Waals surface area (Å²) >= 11 is 0. The fourth-order valence-corrected chi connectivity index (χ4v) is 3.00. The van der Waals surface area contributed by atoms with E-state index in [1.54, 1.807) is 36.3 Å². The van der Waals surface area contributed by atoms with Gasteiger partial charge >= 0.3 is 6.03 Å². The quantitative estimate of drug-likeness (QED) is 0.820. The van der Waals surface area contributed by atoms with E-state index < -0.39 is 0 Å². The lowest BCUT2D eigenvalue weighted by molar-refractivity contribution is -0.117. The van der Waals surface area contributed by atoms with Crippen molar-refractivity contribution in [3.8, 4) is 11.5 Å². The second kappa shape index (κ2) is 8.44. The molecule has 1 heterocycles. The monoisotopic (exact) mass is 369 g/mol. The maximum Gasteiger partial charge on any atom is 0.319 e. The summed E-state index contributed by atoms with van der Waals surface area (Å²) < 4.78 is 10.6. The number of hydrogen-bond acceptors (Lipinski definition) is 4. The Morgan fingerprint density at radius 1 is 1.19 bits per heavy atom. The van der Waals surface area contributed by atoms with Crippen molar-refractivity contribution in [2.24, 2.45) is 0 Å². The minimum absolute atomic E-state index is 0.0224. The van der Waals surface area contributed by atoms with Gasteiger partial charge in [-0.1, -0.05) is 6.07 Å². The lowest BCUT2D eigenvalue weighted by atomic mass is 10.2.